The molecule has 1 atom stereocenters. The van der Waals surface area contributed by atoms with Gasteiger partial charge in [0.25, 0.3) is 0 Å². The summed E-state index contributed by atoms with van der Waals surface area (Å²) in [4.78, 5) is 2.47. The zero-order valence-electron chi connectivity index (χ0n) is 14.2. The third-order valence-corrected chi connectivity index (χ3v) is 4.80. The second kappa shape index (κ2) is 8.67. The molecule has 1 aromatic rings. The molecule has 0 radical (unpaired) electrons. The van der Waals surface area contributed by atoms with Crippen LogP contribution in [-0.2, 0) is 16.0 Å². The molecule has 4 nitrogen and oxygen atoms in total. The van der Waals surface area contributed by atoms with E-state index in [-0.39, 0.29) is 0 Å². The fourth-order valence-corrected chi connectivity index (χ4v) is 3.48. The molecule has 1 aromatic carbocycles. The topological polar surface area (TPSA) is 30.9 Å². The van der Waals surface area contributed by atoms with Crippen molar-refractivity contribution in [2.24, 2.45) is 0 Å². The number of morpholine rings is 1. The van der Waals surface area contributed by atoms with E-state index in [0.29, 0.717) is 12.2 Å². The van der Waals surface area contributed by atoms with Gasteiger partial charge in [-0.25, -0.2) is 0 Å². The van der Waals surface area contributed by atoms with E-state index in [1.165, 1.54) is 31.2 Å². The van der Waals surface area contributed by atoms with Crippen LogP contribution in [-0.4, -0.2) is 50.5 Å². The van der Waals surface area contributed by atoms with Gasteiger partial charge in [-0.05, 0) is 49.8 Å². The van der Waals surface area contributed by atoms with E-state index in [0.717, 1.165) is 45.0 Å². The van der Waals surface area contributed by atoms with Crippen LogP contribution in [0.15, 0.2) is 24.3 Å². The summed E-state index contributed by atoms with van der Waals surface area (Å²) in [5.74, 6) is 1.01. The first-order valence-electron chi connectivity index (χ1n) is 8.92. The van der Waals surface area contributed by atoms with E-state index in [9.17, 15) is 0 Å². The Kier molecular flexibility index (Phi) is 6.31. The van der Waals surface area contributed by atoms with Crippen molar-refractivity contribution >= 4 is 0 Å². The van der Waals surface area contributed by atoms with Crippen LogP contribution in [0.3, 0.4) is 0 Å². The second-order valence-electron chi connectivity index (χ2n) is 6.68. The maximum atomic E-state index is 6.03. The van der Waals surface area contributed by atoms with Gasteiger partial charge >= 0.3 is 0 Å². The van der Waals surface area contributed by atoms with Crippen LogP contribution in [0.2, 0.25) is 0 Å². The molecular weight excluding hydrogens is 290 g/mol. The van der Waals surface area contributed by atoms with Crippen molar-refractivity contribution in [3.8, 4) is 5.75 Å². The summed E-state index contributed by atoms with van der Waals surface area (Å²) in [7, 11) is 1.75. The van der Waals surface area contributed by atoms with Crippen LogP contribution in [0.25, 0.3) is 0 Å². The molecule has 0 N–H and O–H groups in total. The van der Waals surface area contributed by atoms with Gasteiger partial charge in [0.15, 0.2) is 0 Å². The van der Waals surface area contributed by atoms with Crippen LogP contribution in [0.1, 0.15) is 37.7 Å². The largest absolute Gasteiger partial charge is 0.490 e. The molecule has 0 spiro atoms. The monoisotopic (exact) mass is 319 g/mol. The number of rotatable bonds is 7. The molecule has 0 aromatic heterocycles. The smallest absolute Gasteiger partial charge is 0.119 e. The number of methoxy groups -OCH3 is 1. The number of hydrogen-bond donors (Lipinski definition) is 0. The molecule has 4 heteroatoms. The highest BCUT2D eigenvalue weighted by Gasteiger charge is 2.20. The molecule has 1 aliphatic heterocycles. The number of nitrogens with zero attached hydrogens (tertiary/aromatic N) is 1. The molecule has 1 saturated carbocycles. The first-order valence-corrected chi connectivity index (χ1v) is 8.92. The van der Waals surface area contributed by atoms with Crippen molar-refractivity contribution in [3.63, 3.8) is 0 Å². The molecule has 1 aliphatic carbocycles. The highest BCUT2D eigenvalue weighted by Crippen LogP contribution is 2.24. The third kappa shape index (κ3) is 5.20. The first-order chi connectivity index (χ1) is 11.3. The lowest BCUT2D eigenvalue weighted by Crippen LogP contribution is -2.42. The summed E-state index contributed by atoms with van der Waals surface area (Å²) in [5, 5.41) is 0. The Bertz CT molecular complexity index is 456. The minimum atomic E-state index is 0.300. The van der Waals surface area contributed by atoms with Crippen molar-refractivity contribution in [3.05, 3.63) is 29.8 Å². The Morgan fingerprint density at radius 1 is 1.17 bits per heavy atom. The van der Waals surface area contributed by atoms with Gasteiger partial charge in [-0.3, -0.25) is 4.90 Å². The Hall–Kier alpha value is -1.10. The first kappa shape index (κ1) is 16.7. The normalized spacial score (nSPS) is 23.3. The van der Waals surface area contributed by atoms with Crippen molar-refractivity contribution in [2.45, 2.75) is 50.9 Å². The van der Waals surface area contributed by atoms with Gasteiger partial charge in [0.1, 0.15) is 5.75 Å². The molecule has 0 amide bonds. The average Bonchev–Trinajstić information content (AvgIpc) is 3.08. The fraction of sp³-hybridized carbons (Fsp3) is 0.684. The molecule has 23 heavy (non-hydrogen) atoms. The maximum Gasteiger partial charge on any atom is 0.119 e. The molecule has 0 unspecified atom stereocenters. The van der Waals surface area contributed by atoms with E-state index in [1.807, 2.05) is 0 Å². The van der Waals surface area contributed by atoms with Gasteiger partial charge in [0.2, 0.25) is 0 Å². The van der Waals surface area contributed by atoms with E-state index in [1.54, 1.807) is 7.11 Å². The SMILES string of the molecule is COCC[C@H]1CN(Cc2ccc(OC3CCCC3)cc2)CCO1. The second-order valence-corrected chi connectivity index (χ2v) is 6.68. The van der Waals surface area contributed by atoms with Gasteiger partial charge in [-0.2, -0.15) is 0 Å². The summed E-state index contributed by atoms with van der Waals surface area (Å²) in [6.07, 6.45) is 6.74. The predicted octanol–water partition coefficient (Wildman–Crippen LogP) is 3.25. The lowest BCUT2D eigenvalue weighted by atomic mass is 10.1. The summed E-state index contributed by atoms with van der Waals surface area (Å²) in [6, 6.07) is 8.64. The van der Waals surface area contributed by atoms with Crippen molar-refractivity contribution in [1.82, 2.24) is 4.90 Å². The van der Waals surface area contributed by atoms with Gasteiger partial charge in [-0.15, -0.1) is 0 Å². The van der Waals surface area contributed by atoms with Crippen molar-refractivity contribution in [1.29, 1.82) is 0 Å². The summed E-state index contributed by atoms with van der Waals surface area (Å²) >= 11 is 0. The van der Waals surface area contributed by atoms with Gasteiger partial charge in [0.05, 0.1) is 18.8 Å². The minimum Gasteiger partial charge on any atom is -0.490 e. The Balaban J connectivity index is 1.47. The van der Waals surface area contributed by atoms with E-state index in [2.05, 4.69) is 29.2 Å². The standard InChI is InChI=1S/C19H29NO3/c1-21-12-10-19-15-20(11-13-22-19)14-16-6-8-18(9-7-16)23-17-4-2-3-5-17/h6-9,17,19H,2-5,10-15H2,1H3/t19-/m0/s1. The van der Waals surface area contributed by atoms with Gasteiger partial charge < -0.3 is 14.2 Å². The third-order valence-electron chi connectivity index (χ3n) is 4.80. The zero-order chi connectivity index (χ0) is 15.9. The lowest BCUT2D eigenvalue weighted by molar-refractivity contribution is -0.0432. The maximum absolute atomic E-state index is 6.03. The molecular formula is C19H29NO3. The Morgan fingerprint density at radius 3 is 2.70 bits per heavy atom. The number of ether oxygens (including phenoxy) is 3. The van der Waals surface area contributed by atoms with Crippen LogP contribution < -0.4 is 4.74 Å². The average molecular weight is 319 g/mol. The van der Waals surface area contributed by atoms with E-state index in [4.69, 9.17) is 14.2 Å². The molecule has 3 rings (SSSR count). The minimum absolute atomic E-state index is 0.300. The molecule has 1 saturated heterocycles. The Morgan fingerprint density at radius 2 is 1.96 bits per heavy atom. The highest BCUT2D eigenvalue weighted by atomic mass is 16.5. The molecule has 2 aliphatic rings. The number of benzene rings is 1. The van der Waals surface area contributed by atoms with Gasteiger partial charge in [-0.1, -0.05) is 12.1 Å². The summed E-state index contributed by atoms with van der Waals surface area (Å²) in [5.41, 5.74) is 1.34. The zero-order valence-corrected chi connectivity index (χ0v) is 14.2. The predicted molar refractivity (Wildman–Crippen MR) is 90.8 cm³/mol. The molecule has 128 valence electrons. The van der Waals surface area contributed by atoms with Crippen LogP contribution >= 0.6 is 0 Å². The molecule has 0 bridgehead atoms. The van der Waals surface area contributed by atoms with Crippen LogP contribution in [0.4, 0.5) is 0 Å². The van der Waals surface area contributed by atoms with Crippen molar-refractivity contribution < 1.29 is 14.2 Å². The molecule has 1 heterocycles. The van der Waals surface area contributed by atoms with Crippen molar-refractivity contribution in [2.75, 3.05) is 33.4 Å². The Labute approximate surface area is 139 Å². The quantitative estimate of drug-likeness (QED) is 0.772. The summed E-state index contributed by atoms with van der Waals surface area (Å²) < 4.78 is 17.0. The lowest BCUT2D eigenvalue weighted by Gasteiger charge is -2.33. The van der Waals surface area contributed by atoms with Crippen LogP contribution in [0, 0.1) is 0 Å². The summed E-state index contributed by atoms with van der Waals surface area (Å²) in [6.45, 7) is 4.56. The molecule has 2 fully saturated rings. The fourth-order valence-electron chi connectivity index (χ4n) is 3.48. The van der Waals surface area contributed by atoms with Gasteiger partial charge in [0, 0.05) is 33.4 Å². The van der Waals surface area contributed by atoms with E-state index >= 15 is 0 Å². The highest BCUT2D eigenvalue weighted by molar-refractivity contribution is 5.27. The van der Waals surface area contributed by atoms with E-state index < -0.39 is 0 Å². The van der Waals surface area contributed by atoms with Crippen LogP contribution in [0.5, 0.6) is 5.75 Å². The number of hydrogen-bond acceptors (Lipinski definition) is 4.